The van der Waals surface area contributed by atoms with E-state index < -0.39 is 12.0 Å². The number of hydrogen-bond acceptors (Lipinski definition) is 6. The molecule has 2 aromatic carbocycles. The number of phenolic OH excluding ortho intramolecular Hbond substituents is 1. The van der Waals surface area contributed by atoms with Crippen LogP contribution in [0.25, 0.3) is 21.3 Å². The summed E-state index contributed by atoms with van der Waals surface area (Å²) in [5.74, 6) is -0.224. The molecule has 1 unspecified atom stereocenters. The lowest BCUT2D eigenvalue weighted by molar-refractivity contribution is -0.137. The van der Waals surface area contributed by atoms with Gasteiger partial charge in [-0.1, -0.05) is 43.3 Å². The van der Waals surface area contributed by atoms with Crippen molar-refractivity contribution in [1.29, 1.82) is 0 Å². The van der Waals surface area contributed by atoms with E-state index in [2.05, 4.69) is 22.2 Å². The van der Waals surface area contributed by atoms with Crippen LogP contribution in [0, 0.1) is 6.92 Å². The monoisotopic (exact) mass is 433 g/mol. The lowest BCUT2D eigenvalue weighted by Gasteiger charge is -2.17. The topological polar surface area (TPSA) is 95.3 Å². The number of hydrogen-bond donors (Lipinski definition) is 3. The zero-order chi connectivity index (χ0) is 22.0. The van der Waals surface area contributed by atoms with Crippen molar-refractivity contribution in [2.75, 3.05) is 5.32 Å². The van der Waals surface area contributed by atoms with Crippen molar-refractivity contribution >= 4 is 33.3 Å². The Balaban J connectivity index is 1.83. The third-order valence-corrected chi connectivity index (χ3v) is 6.50. The average Bonchev–Trinajstić information content (AvgIpc) is 3.13. The second kappa shape index (κ2) is 8.73. The second-order valence-corrected chi connectivity index (χ2v) is 8.46. The predicted molar refractivity (Wildman–Crippen MR) is 124 cm³/mol. The Morgan fingerprint density at radius 2 is 1.94 bits per heavy atom. The van der Waals surface area contributed by atoms with Gasteiger partial charge in [0.1, 0.15) is 28.8 Å². The first kappa shape index (κ1) is 20.8. The standard InChI is InChI=1S/C24H23N3O3S/c1-3-19-20(17-10-9-16(28)11-14(17)2)21-22(25-13-26-23(21)31-19)27-18(24(29)30)12-15-7-5-4-6-8-15/h4-11,13,18,28H,3,12H2,1-2H3,(H,29,30)(H,25,26,27). The van der Waals surface area contributed by atoms with Crippen molar-refractivity contribution in [2.24, 2.45) is 0 Å². The molecule has 4 rings (SSSR count). The number of benzene rings is 2. The van der Waals surface area contributed by atoms with Gasteiger partial charge in [0.15, 0.2) is 0 Å². The summed E-state index contributed by atoms with van der Waals surface area (Å²) in [4.78, 5) is 22.8. The highest BCUT2D eigenvalue weighted by atomic mass is 32.1. The number of phenols is 1. The van der Waals surface area contributed by atoms with E-state index in [0.717, 1.165) is 43.8 Å². The average molecular weight is 434 g/mol. The zero-order valence-electron chi connectivity index (χ0n) is 17.3. The van der Waals surface area contributed by atoms with Gasteiger partial charge < -0.3 is 15.5 Å². The Morgan fingerprint density at radius 1 is 1.16 bits per heavy atom. The first-order valence-electron chi connectivity index (χ1n) is 10.1. The van der Waals surface area contributed by atoms with E-state index in [1.807, 2.05) is 43.3 Å². The van der Waals surface area contributed by atoms with E-state index in [4.69, 9.17) is 0 Å². The highest BCUT2D eigenvalue weighted by Gasteiger charge is 2.24. The number of nitrogens with one attached hydrogen (secondary N) is 1. The fourth-order valence-corrected chi connectivity index (χ4v) is 4.86. The van der Waals surface area contributed by atoms with Crippen LogP contribution in [-0.4, -0.2) is 32.2 Å². The zero-order valence-corrected chi connectivity index (χ0v) is 18.1. The number of nitrogens with zero attached hydrogens (tertiary/aromatic N) is 2. The van der Waals surface area contributed by atoms with Crippen LogP contribution in [0.5, 0.6) is 5.75 Å². The minimum atomic E-state index is -0.941. The fourth-order valence-electron chi connectivity index (χ4n) is 3.77. The summed E-state index contributed by atoms with van der Waals surface area (Å²) in [6.07, 6.45) is 2.61. The van der Waals surface area contributed by atoms with E-state index in [0.29, 0.717) is 12.2 Å². The Bertz CT molecular complexity index is 1240. The Labute approximate surface area is 184 Å². The van der Waals surface area contributed by atoms with E-state index in [1.54, 1.807) is 23.5 Å². The van der Waals surface area contributed by atoms with E-state index in [-0.39, 0.29) is 5.75 Å². The van der Waals surface area contributed by atoms with E-state index >= 15 is 0 Å². The third kappa shape index (κ3) is 4.22. The minimum absolute atomic E-state index is 0.210. The number of aliphatic carboxylic acids is 1. The maximum atomic E-state index is 12.0. The molecule has 158 valence electrons. The lowest BCUT2D eigenvalue weighted by Crippen LogP contribution is -2.32. The Morgan fingerprint density at radius 3 is 2.61 bits per heavy atom. The van der Waals surface area contributed by atoms with Gasteiger partial charge >= 0.3 is 5.97 Å². The highest BCUT2D eigenvalue weighted by Crippen LogP contribution is 2.42. The molecule has 0 saturated heterocycles. The summed E-state index contributed by atoms with van der Waals surface area (Å²) < 4.78 is 0. The second-order valence-electron chi connectivity index (χ2n) is 7.38. The molecule has 0 fully saturated rings. The molecule has 0 aliphatic carbocycles. The number of carbonyl (C=O) groups is 1. The normalized spacial score (nSPS) is 12.1. The van der Waals surface area contributed by atoms with Crippen LogP contribution in [0.2, 0.25) is 0 Å². The van der Waals surface area contributed by atoms with E-state index in [9.17, 15) is 15.0 Å². The summed E-state index contributed by atoms with van der Waals surface area (Å²) in [5, 5.41) is 23.7. The highest BCUT2D eigenvalue weighted by molar-refractivity contribution is 7.19. The SMILES string of the molecule is CCc1sc2ncnc(NC(Cc3ccccc3)C(=O)O)c2c1-c1ccc(O)cc1C. The van der Waals surface area contributed by atoms with Gasteiger partial charge in [-0.25, -0.2) is 14.8 Å². The number of rotatable bonds is 7. The number of aromatic nitrogens is 2. The van der Waals surface area contributed by atoms with E-state index in [1.165, 1.54) is 6.33 Å². The number of carboxylic acids is 1. The van der Waals surface area contributed by atoms with Crippen LogP contribution >= 0.6 is 11.3 Å². The van der Waals surface area contributed by atoms with Crippen LogP contribution in [0.3, 0.4) is 0 Å². The molecule has 31 heavy (non-hydrogen) atoms. The minimum Gasteiger partial charge on any atom is -0.508 e. The van der Waals surface area contributed by atoms with Gasteiger partial charge in [0, 0.05) is 16.9 Å². The Hall–Kier alpha value is -3.45. The largest absolute Gasteiger partial charge is 0.508 e. The number of anilines is 1. The third-order valence-electron chi connectivity index (χ3n) is 5.25. The van der Waals surface area contributed by atoms with Gasteiger partial charge in [0.2, 0.25) is 0 Å². The summed E-state index contributed by atoms with van der Waals surface area (Å²) >= 11 is 1.58. The predicted octanol–water partition coefficient (Wildman–Crippen LogP) is 5.04. The molecule has 0 aliphatic rings. The van der Waals surface area contributed by atoms with Gasteiger partial charge in [-0.05, 0) is 42.2 Å². The molecular weight excluding hydrogens is 410 g/mol. The molecule has 7 heteroatoms. The maximum Gasteiger partial charge on any atom is 0.326 e. The van der Waals surface area contributed by atoms with Crippen LogP contribution in [-0.2, 0) is 17.6 Å². The van der Waals surface area contributed by atoms with Gasteiger partial charge in [0.25, 0.3) is 0 Å². The first-order chi connectivity index (χ1) is 15.0. The quantitative estimate of drug-likeness (QED) is 0.378. The number of aryl methyl sites for hydroxylation is 2. The van der Waals surface area contributed by atoms with Crippen molar-refractivity contribution in [3.63, 3.8) is 0 Å². The van der Waals surface area contributed by atoms with Crippen molar-refractivity contribution in [2.45, 2.75) is 32.7 Å². The number of thiophene rings is 1. The number of aromatic hydroxyl groups is 1. The van der Waals surface area contributed by atoms with Crippen molar-refractivity contribution in [3.8, 4) is 16.9 Å². The fraction of sp³-hybridized carbons (Fsp3) is 0.208. The molecule has 6 nitrogen and oxygen atoms in total. The maximum absolute atomic E-state index is 12.0. The molecule has 0 bridgehead atoms. The molecule has 0 radical (unpaired) electrons. The van der Waals surface area contributed by atoms with Crippen molar-refractivity contribution < 1.29 is 15.0 Å². The van der Waals surface area contributed by atoms with Gasteiger partial charge in [-0.15, -0.1) is 11.3 Å². The van der Waals surface area contributed by atoms with Crippen molar-refractivity contribution in [3.05, 3.63) is 70.9 Å². The van der Waals surface area contributed by atoms with Gasteiger partial charge in [0.05, 0.1) is 5.39 Å². The summed E-state index contributed by atoms with van der Waals surface area (Å²) in [5.41, 5.74) is 3.84. The molecule has 2 heterocycles. The number of carboxylic acid groups (broad SMARTS) is 1. The van der Waals surface area contributed by atoms with Crippen molar-refractivity contribution in [1.82, 2.24) is 9.97 Å². The molecule has 3 N–H and O–H groups in total. The van der Waals surface area contributed by atoms with Crippen LogP contribution in [0.4, 0.5) is 5.82 Å². The molecule has 0 saturated carbocycles. The first-order valence-corrected chi connectivity index (χ1v) is 10.9. The van der Waals surface area contributed by atoms with Crippen LogP contribution < -0.4 is 5.32 Å². The van der Waals surface area contributed by atoms with Gasteiger partial charge in [-0.2, -0.15) is 0 Å². The molecule has 2 aromatic heterocycles. The smallest absolute Gasteiger partial charge is 0.326 e. The Kier molecular flexibility index (Phi) is 5.86. The summed E-state index contributed by atoms with van der Waals surface area (Å²) in [7, 11) is 0. The molecule has 4 aromatic rings. The molecule has 0 amide bonds. The molecule has 0 spiro atoms. The van der Waals surface area contributed by atoms with Crippen LogP contribution in [0.15, 0.2) is 54.9 Å². The van der Waals surface area contributed by atoms with Crippen LogP contribution in [0.1, 0.15) is 22.9 Å². The van der Waals surface area contributed by atoms with Gasteiger partial charge in [-0.3, -0.25) is 0 Å². The number of fused-ring (bicyclic) bond motifs is 1. The summed E-state index contributed by atoms with van der Waals surface area (Å²) in [6.45, 7) is 4.03. The molecular formula is C24H23N3O3S. The molecule has 0 aliphatic heterocycles. The molecule has 1 atom stereocenters. The summed E-state index contributed by atoms with van der Waals surface area (Å²) in [6, 6.07) is 14.0. The lowest BCUT2D eigenvalue weighted by atomic mass is 9.97.